The van der Waals surface area contributed by atoms with Gasteiger partial charge in [0.25, 0.3) is 0 Å². The second-order valence-electron chi connectivity index (χ2n) is 30.1. The molecule has 0 unspecified atom stereocenters. The van der Waals surface area contributed by atoms with E-state index in [2.05, 4.69) is 366 Å². The van der Waals surface area contributed by atoms with Crippen molar-refractivity contribution in [1.29, 1.82) is 0 Å². The Morgan fingerprint density at radius 3 is 0.509 bits per heavy atom. The monoisotopic (exact) mass is 1390 g/mol. The van der Waals surface area contributed by atoms with Gasteiger partial charge in [-0.25, -0.2) is 29.9 Å². The van der Waals surface area contributed by atoms with Crippen LogP contribution in [0.5, 0.6) is 0 Å². The Morgan fingerprint density at radius 1 is 0.176 bits per heavy atom. The summed E-state index contributed by atoms with van der Waals surface area (Å²) in [6, 6.07) is 111. The van der Waals surface area contributed by atoms with Crippen molar-refractivity contribution >= 4 is 51.2 Å². The third kappa shape index (κ3) is 11.2. The van der Waals surface area contributed by atoms with Gasteiger partial charge >= 0.3 is 0 Å². The molecule has 108 heavy (non-hydrogen) atoms. The van der Waals surface area contributed by atoms with Crippen molar-refractivity contribution in [3.05, 3.63) is 380 Å². The summed E-state index contributed by atoms with van der Waals surface area (Å²) in [6.45, 7) is 14.1. The predicted octanol–water partition coefficient (Wildman–Crippen LogP) is 25.4. The molecule has 0 spiro atoms. The maximum atomic E-state index is 5.32. The molecule has 3 aliphatic heterocycles. The first kappa shape index (κ1) is 65.3. The van der Waals surface area contributed by atoms with Crippen LogP contribution in [0.15, 0.2) is 347 Å². The molecule has 0 N–H and O–H groups in total. The quantitative estimate of drug-likeness (QED) is 0.119. The van der Waals surface area contributed by atoms with Gasteiger partial charge in [-0.1, -0.05) is 260 Å². The summed E-state index contributed by atoms with van der Waals surface area (Å²) in [5.74, 6) is 1.57. The van der Waals surface area contributed by atoms with E-state index in [1.807, 2.05) is 37.2 Å². The molecular weight excluding hydrogens is 1320 g/mol. The van der Waals surface area contributed by atoms with Crippen molar-refractivity contribution in [3.63, 3.8) is 0 Å². The fourth-order valence-electron chi connectivity index (χ4n) is 16.7. The maximum absolute atomic E-state index is 5.32. The Kier molecular flexibility index (Phi) is 15.7. The van der Waals surface area contributed by atoms with E-state index < -0.39 is 0 Å². The minimum Gasteiger partial charge on any atom is -0.307 e. The van der Waals surface area contributed by atoms with Gasteiger partial charge in [-0.3, -0.25) is 0 Å². The molecule has 0 saturated carbocycles. The first-order chi connectivity index (χ1) is 52.8. The number of nitrogens with zero attached hydrogens (tertiary/aromatic N) is 9. The molecule has 6 heterocycles. The smallest absolute Gasteiger partial charge is 0.159 e. The van der Waals surface area contributed by atoms with E-state index >= 15 is 0 Å². The average molecular weight is 1390 g/mol. The number of hydrogen-bond acceptors (Lipinski definition) is 9. The summed E-state index contributed by atoms with van der Waals surface area (Å²) in [4.78, 5) is 38.9. The molecule has 0 saturated heterocycles. The first-order valence-electron chi connectivity index (χ1n) is 37.0. The summed E-state index contributed by atoms with van der Waals surface area (Å²) in [5, 5.41) is 0. The molecule has 13 aromatic carbocycles. The van der Waals surface area contributed by atoms with Gasteiger partial charge in [0.05, 0.1) is 88.4 Å². The molecule has 9 nitrogen and oxygen atoms in total. The second-order valence-corrected chi connectivity index (χ2v) is 30.1. The van der Waals surface area contributed by atoms with Gasteiger partial charge < -0.3 is 14.7 Å². The highest BCUT2D eigenvalue weighted by Gasteiger charge is 2.41. The van der Waals surface area contributed by atoms with Crippen molar-refractivity contribution in [2.24, 2.45) is 0 Å². The summed E-state index contributed by atoms with van der Waals surface area (Å²) in [6.07, 6.45) is 11.7. The van der Waals surface area contributed by atoms with Crippen LogP contribution in [0.4, 0.5) is 51.2 Å². The number of anilines is 9. The van der Waals surface area contributed by atoms with E-state index in [1.54, 1.807) is 0 Å². The highest BCUT2D eigenvalue weighted by molar-refractivity contribution is 5.93. The molecule has 3 aliphatic rings. The van der Waals surface area contributed by atoms with Crippen molar-refractivity contribution < 1.29 is 0 Å². The summed E-state index contributed by atoms with van der Waals surface area (Å²) in [7, 11) is 0. The van der Waals surface area contributed by atoms with Crippen LogP contribution in [0.25, 0.3) is 101 Å². The van der Waals surface area contributed by atoms with Crippen LogP contribution in [0.2, 0.25) is 0 Å². The summed E-state index contributed by atoms with van der Waals surface area (Å²) < 4.78 is 0. The number of hydrogen-bond donors (Lipinski definition) is 0. The van der Waals surface area contributed by atoms with Crippen LogP contribution in [-0.2, 0) is 16.2 Å². The van der Waals surface area contributed by atoms with E-state index in [0.717, 1.165) is 101 Å². The minimum absolute atomic E-state index is 0.368. The molecule has 3 aromatic heterocycles. The van der Waals surface area contributed by atoms with Crippen LogP contribution >= 0.6 is 0 Å². The van der Waals surface area contributed by atoms with Gasteiger partial charge in [0.1, 0.15) is 0 Å². The van der Waals surface area contributed by atoms with E-state index in [0.29, 0.717) is 17.5 Å². The van der Waals surface area contributed by atoms with Crippen LogP contribution in [0.3, 0.4) is 0 Å². The molecule has 0 amide bonds. The predicted molar refractivity (Wildman–Crippen MR) is 443 cm³/mol. The number of rotatable bonds is 12. The lowest BCUT2D eigenvalue weighted by Crippen LogP contribution is -2.31. The molecule has 0 radical (unpaired) electrons. The van der Waals surface area contributed by atoms with Crippen LogP contribution in [0, 0.1) is 0 Å². The molecule has 16 aromatic rings. The molecular formula is C99H75N9. The molecule has 0 bridgehead atoms. The van der Waals surface area contributed by atoms with E-state index in [-0.39, 0.29) is 16.2 Å². The number of fused-ring (bicyclic) bond motifs is 6. The topological polar surface area (TPSA) is 87.1 Å². The maximum Gasteiger partial charge on any atom is 0.159 e. The molecule has 0 aliphatic carbocycles. The highest BCUT2D eigenvalue weighted by Crippen LogP contribution is 2.57. The number of aromatic nitrogens is 6. The lowest BCUT2D eigenvalue weighted by molar-refractivity contribution is 0.632. The Morgan fingerprint density at radius 2 is 0.343 bits per heavy atom. The van der Waals surface area contributed by atoms with Crippen LogP contribution < -0.4 is 14.7 Å². The Hall–Kier alpha value is -13.5. The van der Waals surface area contributed by atoms with Gasteiger partial charge in [0.2, 0.25) is 0 Å². The largest absolute Gasteiger partial charge is 0.307 e. The van der Waals surface area contributed by atoms with Crippen molar-refractivity contribution in [2.45, 2.75) is 57.8 Å². The van der Waals surface area contributed by atoms with Crippen molar-refractivity contribution in [1.82, 2.24) is 29.9 Å². The fraction of sp³-hybridized carbons (Fsp3) is 0.0909. The zero-order valence-electron chi connectivity index (χ0n) is 60.9. The van der Waals surface area contributed by atoms with Crippen LogP contribution in [-0.4, -0.2) is 29.9 Å². The average Bonchev–Trinajstić information content (AvgIpc) is 0.730. The second kappa shape index (κ2) is 26.0. The van der Waals surface area contributed by atoms with E-state index in [1.165, 1.54) is 66.8 Å². The van der Waals surface area contributed by atoms with Gasteiger partial charge in [-0.2, -0.15) is 0 Å². The lowest BCUT2D eigenvalue weighted by atomic mass is 9.72. The van der Waals surface area contributed by atoms with Crippen LogP contribution in [0.1, 0.15) is 74.9 Å². The molecule has 0 fully saturated rings. The zero-order chi connectivity index (χ0) is 72.8. The summed E-state index contributed by atoms with van der Waals surface area (Å²) >= 11 is 0. The van der Waals surface area contributed by atoms with E-state index in [9.17, 15) is 0 Å². The molecule has 9 heteroatoms. The Bertz CT molecular complexity index is 5220. The van der Waals surface area contributed by atoms with E-state index in [4.69, 9.17) is 29.9 Å². The van der Waals surface area contributed by atoms with Gasteiger partial charge in [0, 0.05) is 32.9 Å². The SMILES string of the molecule is CC1(C)c2cc(-c3ccccc3)ccc2N(c2cnc(-c3cc(-c4ncc(N5c6ccc(-c7ccccc7)cc6C(C)(C)c6cc(-c7ccccc7)ccc65)cn4)cc(-c4ncc(N5c6ccc(-c7ccccc7)cc6C(C)(C)c6cc(-c7ccccc7)ccc65)cn4)c3)nc2)c2ccc(-c3ccccc3)cc21. The Balaban J connectivity index is 0.740. The minimum atomic E-state index is -0.368. The lowest BCUT2D eigenvalue weighted by Gasteiger charge is -2.42. The highest BCUT2D eigenvalue weighted by atomic mass is 15.2. The normalized spacial score (nSPS) is 14.0. The first-order valence-corrected chi connectivity index (χ1v) is 37.0. The third-order valence-electron chi connectivity index (χ3n) is 22.5. The fourth-order valence-corrected chi connectivity index (χ4v) is 16.7. The molecule has 19 rings (SSSR count). The number of benzene rings is 13. The van der Waals surface area contributed by atoms with Gasteiger partial charge in [-0.05, 0) is 191 Å². The molecule has 516 valence electrons. The molecule has 0 atom stereocenters. The van der Waals surface area contributed by atoms with Gasteiger partial charge in [-0.15, -0.1) is 0 Å². The van der Waals surface area contributed by atoms with Gasteiger partial charge in [0.15, 0.2) is 17.5 Å². The summed E-state index contributed by atoms with van der Waals surface area (Å²) in [5.41, 5.74) is 31.3. The van der Waals surface area contributed by atoms with Crippen molar-refractivity contribution in [3.8, 4) is 101 Å². The standard InChI is InChI=1S/C99H75N9/c1-97(2)82-52-70(64-25-13-7-14-26-64)37-43-88(82)106(89-44-38-71(53-83(89)97)65-27-15-8-16-28-65)79-58-100-94(101-59-79)76-49-77(95-102-60-80(61-103-95)107-90-45-39-72(66-29-17-9-18-30-66)54-84(90)98(3,4)85-55-73(40-46-91(85)107)67-31-19-10-20-32-67)51-78(50-76)96-104-62-81(63-105-96)108-92-47-41-74(68-33-21-11-22-34-68)56-86(92)99(5,6)87-57-75(42-48-93(87)108)69-35-23-12-24-36-69/h7-63H,1-6H3. The third-order valence-corrected chi connectivity index (χ3v) is 22.5. The Labute approximate surface area is 630 Å². The zero-order valence-corrected chi connectivity index (χ0v) is 60.9. The van der Waals surface area contributed by atoms with Crippen molar-refractivity contribution in [2.75, 3.05) is 14.7 Å².